The molecule has 0 aromatic carbocycles. The molecule has 4 heterocycles. The molecule has 0 saturated carbocycles. The number of rotatable bonds is 11. The first-order chi connectivity index (χ1) is 18.5. The van der Waals surface area contributed by atoms with E-state index < -0.39 is 45.2 Å². The summed E-state index contributed by atoms with van der Waals surface area (Å²) in [5, 5.41) is 20.2. The molecule has 2 atom stereocenters. The van der Waals surface area contributed by atoms with Crippen LogP contribution in [0.25, 0.3) is 0 Å². The molecule has 20 heteroatoms. The number of nitrogens with one attached hydrogen (secondary N) is 2. The van der Waals surface area contributed by atoms with Crippen molar-refractivity contribution in [3.05, 3.63) is 41.6 Å². The molecule has 2 aromatic heterocycles. The summed E-state index contributed by atoms with van der Waals surface area (Å²) in [4.78, 5) is 47.9. The molecule has 1 saturated heterocycles. The molecule has 2 amide bonds. The molecule has 208 valence electrons. The van der Waals surface area contributed by atoms with Crippen molar-refractivity contribution in [2.75, 3.05) is 29.3 Å². The molecule has 0 radical (unpaired) electrons. The Morgan fingerprint density at radius 3 is 2.77 bits per heavy atom. The number of nitrogen functional groups attached to an aromatic ring is 1. The van der Waals surface area contributed by atoms with E-state index >= 15 is 0 Å². The number of anilines is 2. The van der Waals surface area contributed by atoms with E-state index in [1.165, 1.54) is 24.0 Å². The van der Waals surface area contributed by atoms with Crippen molar-refractivity contribution in [3.8, 4) is 0 Å². The number of carboxylic acid groups (broad SMARTS) is 1. The van der Waals surface area contributed by atoms with Gasteiger partial charge in [0.2, 0.25) is 11.5 Å². The number of carboxylic acids is 1. The van der Waals surface area contributed by atoms with E-state index in [-0.39, 0.29) is 70.8 Å². The maximum atomic E-state index is 13.0. The molecule has 0 aliphatic carbocycles. The zero-order valence-corrected chi connectivity index (χ0v) is 25.5. The van der Waals surface area contributed by atoms with Gasteiger partial charge in [-0.05, 0) is 13.0 Å². The van der Waals surface area contributed by atoms with E-state index in [2.05, 4.69) is 25.1 Å². The maximum Gasteiger partial charge on any atom is 1.00 e. The Labute approximate surface area is 258 Å². The van der Waals surface area contributed by atoms with E-state index in [1.807, 2.05) is 0 Å². The first kappa shape index (κ1) is 31.7. The molecule has 1 fully saturated rings. The standard InChI is InChI=1S/C20H22N8O8S3.Na/c1-2-36-25-12(15-24-20(21)38-26-15)16(29)23-13-17(30)28-14(19(31)32)10(8-37-18(13)28)6-27-5-3-4-11(7-27)22-9-39(33,34)35;/h3-5,7,13,18,22H,2,6,8-9H2,1H3,(H4-,21,23,24,26,29,31,32,33,34,35);/q;+1/p-1/t13?,18-;/m1./s1. The number of aliphatic carboxylic acids is 1. The Balaban J connectivity index is 0.00000441. The zero-order chi connectivity index (χ0) is 28.3. The van der Waals surface area contributed by atoms with Gasteiger partial charge in [-0.15, -0.1) is 11.8 Å². The number of hydrogen-bond acceptors (Lipinski definition) is 15. The second kappa shape index (κ2) is 13.2. The van der Waals surface area contributed by atoms with Crippen LogP contribution in [0.2, 0.25) is 0 Å². The number of hydrogen-bond donors (Lipinski definition) is 3. The van der Waals surface area contributed by atoms with Crippen LogP contribution in [0.15, 0.2) is 41.0 Å². The van der Waals surface area contributed by atoms with Gasteiger partial charge in [0.05, 0.1) is 17.4 Å². The van der Waals surface area contributed by atoms with Crippen molar-refractivity contribution in [2.45, 2.75) is 24.9 Å². The molecule has 2 aliphatic heterocycles. The Bertz CT molecular complexity index is 1480. The van der Waals surface area contributed by atoms with Gasteiger partial charge >= 0.3 is 29.6 Å². The molecular formula is C20H21N8NaO8S3. The van der Waals surface area contributed by atoms with Crippen LogP contribution in [0.5, 0.6) is 0 Å². The van der Waals surface area contributed by atoms with Crippen LogP contribution in [0, 0.1) is 0 Å². The minimum Gasteiger partial charge on any atom is -0.747 e. The summed E-state index contributed by atoms with van der Waals surface area (Å²) < 4.78 is 38.2. The van der Waals surface area contributed by atoms with Crippen LogP contribution < -0.4 is 55.6 Å². The molecule has 4 N–H and O–H groups in total. The first-order valence-corrected chi connectivity index (χ1v) is 14.5. The Morgan fingerprint density at radius 1 is 1.40 bits per heavy atom. The van der Waals surface area contributed by atoms with Crippen molar-refractivity contribution < 1.29 is 71.4 Å². The maximum absolute atomic E-state index is 13.0. The van der Waals surface area contributed by atoms with Gasteiger partial charge in [-0.3, -0.25) is 14.5 Å². The summed E-state index contributed by atoms with van der Waals surface area (Å²) in [6, 6.07) is 2.05. The van der Waals surface area contributed by atoms with Gasteiger partial charge in [0.25, 0.3) is 11.8 Å². The number of β-lactam (4-membered cyclic amide) rings is 1. The number of oxime groups is 1. The molecule has 4 rings (SSSR count). The number of nitrogens with two attached hydrogens (primary N) is 1. The number of carbonyl (C=O) groups excluding carboxylic acids is 3. The fraction of sp³-hybridized carbons (Fsp3) is 0.350. The molecular weight excluding hydrogens is 599 g/mol. The zero-order valence-electron chi connectivity index (χ0n) is 21.1. The van der Waals surface area contributed by atoms with Crippen LogP contribution in [-0.4, -0.2) is 80.4 Å². The number of thioether (sulfide) groups is 1. The number of aromatic nitrogens is 3. The molecule has 16 nitrogen and oxygen atoms in total. The van der Waals surface area contributed by atoms with Crippen molar-refractivity contribution in [1.29, 1.82) is 0 Å². The molecule has 40 heavy (non-hydrogen) atoms. The van der Waals surface area contributed by atoms with Crippen LogP contribution >= 0.6 is 23.3 Å². The Hall–Kier alpha value is -2.81. The number of amides is 2. The quantitative estimate of drug-likeness (QED) is 0.0531. The van der Waals surface area contributed by atoms with Gasteiger partial charge in [0, 0.05) is 28.9 Å². The minimum absolute atomic E-state index is 0. The minimum atomic E-state index is -4.50. The van der Waals surface area contributed by atoms with Gasteiger partial charge in [-0.25, -0.2) is 8.42 Å². The molecule has 1 unspecified atom stereocenters. The number of carbonyl (C=O) groups is 3. The summed E-state index contributed by atoms with van der Waals surface area (Å²) in [7, 11) is -4.50. The molecule has 0 spiro atoms. The molecule has 2 aromatic rings. The summed E-state index contributed by atoms with van der Waals surface area (Å²) in [6.07, 6.45) is 3.09. The van der Waals surface area contributed by atoms with Gasteiger partial charge in [0.15, 0.2) is 24.1 Å². The van der Waals surface area contributed by atoms with Gasteiger partial charge in [0.1, 0.15) is 34.0 Å². The van der Waals surface area contributed by atoms with E-state index in [0.29, 0.717) is 11.3 Å². The predicted octanol–water partition coefficient (Wildman–Crippen LogP) is -5.83. The first-order valence-electron chi connectivity index (χ1n) is 11.1. The van der Waals surface area contributed by atoms with Crippen molar-refractivity contribution in [3.63, 3.8) is 0 Å². The predicted molar refractivity (Wildman–Crippen MR) is 134 cm³/mol. The van der Waals surface area contributed by atoms with Crippen LogP contribution in [0.3, 0.4) is 0 Å². The van der Waals surface area contributed by atoms with E-state index in [4.69, 9.17) is 10.6 Å². The Morgan fingerprint density at radius 2 is 2.15 bits per heavy atom. The van der Waals surface area contributed by atoms with Crippen LogP contribution in [-0.2, 0) is 35.9 Å². The smallest absolute Gasteiger partial charge is 0.747 e. The second-order valence-corrected chi connectivity index (χ2v) is 11.4. The normalized spacial score (nSPS) is 18.8. The second-order valence-electron chi connectivity index (χ2n) is 8.06. The van der Waals surface area contributed by atoms with Gasteiger partial charge < -0.3 is 35.7 Å². The third-order valence-corrected chi connectivity index (χ3v) is 7.75. The molecule has 0 bridgehead atoms. The van der Waals surface area contributed by atoms with Crippen molar-refractivity contribution in [1.82, 2.24) is 19.6 Å². The SMILES string of the molecule is CCON=C(C(=O)NC1C(=O)N2C(C(=O)[O-])=C(C[n+]3cccc(NCS(=O)(=O)[O-])c3)CS[C@H]12)c1nsc(N)n1.[Na+]. The van der Waals surface area contributed by atoms with E-state index in [0.717, 1.165) is 16.4 Å². The average molecular weight is 621 g/mol. The summed E-state index contributed by atoms with van der Waals surface area (Å²) in [5.41, 5.74) is 5.65. The summed E-state index contributed by atoms with van der Waals surface area (Å²) >= 11 is 2.08. The van der Waals surface area contributed by atoms with Crippen molar-refractivity contribution >= 4 is 67.7 Å². The Kier molecular flexibility index (Phi) is 10.5. The monoisotopic (exact) mass is 620 g/mol. The van der Waals surface area contributed by atoms with E-state index in [9.17, 15) is 32.5 Å². The van der Waals surface area contributed by atoms with E-state index in [1.54, 1.807) is 23.8 Å². The summed E-state index contributed by atoms with van der Waals surface area (Å²) in [5.74, 6) is -3.75. The topological polar surface area (TPSA) is 236 Å². The van der Waals surface area contributed by atoms with Crippen LogP contribution in [0.4, 0.5) is 10.8 Å². The fourth-order valence-corrected chi connectivity index (χ4v) is 5.88. The molecule has 2 aliphatic rings. The van der Waals surface area contributed by atoms with Gasteiger partial charge in [-0.2, -0.15) is 13.9 Å². The average Bonchev–Trinajstić information content (AvgIpc) is 3.31. The third kappa shape index (κ3) is 7.28. The number of nitrogens with zero attached hydrogens (tertiary/aromatic N) is 5. The summed E-state index contributed by atoms with van der Waals surface area (Å²) in [6.45, 7) is 1.84. The fourth-order valence-electron chi connectivity index (χ4n) is 3.76. The van der Waals surface area contributed by atoms with Crippen molar-refractivity contribution in [2.24, 2.45) is 5.16 Å². The van der Waals surface area contributed by atoms with Crippen LogP contribution in [0.1, 0.15) is 12.7 Å². The largest absolute Gasteiger partial charge is 1.00 e. The van der Waals surface area contributed by atoms with Gasteiger partial charge in [-0.1, -0.05) is 5.16 Å². The number of pyridine rings is 1. The third-order valence-electron chi connectivity index (χ3n) is 5.37. The number of fused-ring (bicyclic) bond motifs is 1.